The van der Waals surface area contributed by atoms with E-state index in [9.17, 15) is 31.1 Å². The first-order valence-corrected chi connectivity index (χ1v) is 7.63. The van der Waals surface area contributed by atoms with Crippen molar-refractivity contribution in [1.82, 2.24) is 0 Å². The van der Waals surface area contributed by atoms with E-state index in [2.05, 4.69) is 4.74 Å². The molecule has 2 bridgehead atoms. The molecule has 134 valence electrons. The SMILES string of the molecule is CC(=O)OC(CC1CC2CC1C(C)C2C)(C(F)(F)F)C(F)(F)F. The third-order valence-electron chi connectivity index (χ3n) is 5.82. The zero-order valence-electron chi connectivity index (χ0n) is 13.1. The van der Waals surface area contributed by atoms with Crippen LogP contribution in [0, 0.1) is 29.6 Å². The second-order valence-corrected chi connectivity index (χ2v) is 6.99. The zero-order chi connectivity index (χ0) is 17.8. The van der Waals surface area contributed by atoms with Gasteiger partial charge in [-0.05, 0) is 42.4 Å². The molecule has 2 aliphatic rings. The summed E-state index contributed by atoms with van der Waals surface area (Å²) in [6.07, 6.45) is -11.7. The van der Waals surface area contributed by atoms with Crippen LogP contribution in [0.15, 0.2) is 0 Å². The maximum Gasteiger partial charge on any atom is 0.437 e. The van der Waals surface area contributed by atoms with E-state index in [1.54, 1.807) is 0 Å². The molecule has 0 aliphatic heterocycles. The van der Waals surface area contributed by atoms with E-state index in [0.29, 0.717) is 25.7 Å². The maximum absolute atomic E-state index is 13.3. The first-order chi connectivity index (χ1) is 10.3. The Morgan fingerprint density at radius 2 is 1.52 bits per heavy atom. The van der Waals surface area contributed by atoms with Crippen molar-refractivity contribution >= 4 is 5.97 Å². The van der Waals surface area contributed by atoms with Gasteiger partial charge in [-0.2, -0.15) is 26.3 Å². The number of ether oxygens (including phenoxy) is 1. The Balaban J connectivity index is 2.34. The smallest absolute Gasteiger partial charge is 0.437 e. The maximum atomic E-state index is 13.3. The van der Waals surface area contributed by atoms with Crippen LogP contribution in [0.2, 0.25) is 0 Å². The van der Waals surface area contributed by atoms with Crippen LogP contribution in [0.3, 0.4) is 0 Å². The van der Waals surface area contributed by atoms with E-state index in [-0.39, 0.29) is 17.8 Å². The van der Waals surface area contributed by atoms with Gasteiger partial charge in [-0.25, -0.2) is 0 Å². The lowest BCUT2D eigenvalue weighted by atomic mass is 9.71. The van der Waals surface area contributed by atoms with Crippen LogP contribution in [0.5, 0.6) is 0 Å². The van der Waals surface area contributed by atoms with Crippen LogP contribution >= 0.6 is 0 Å². The van der Waals surface area contributed by atoms with Gasteiger partial charge in [0.05, 0.1) is 0 Å². The highest BCUT2D eigenvalue weighted by Gasteiger charge is 2.75. The Bertz CT molecular complexity index is 454. The van der Waals surface area contributed by atoms with Crippen LogP contribution in [0.25, 0.3) is 0 Å². The molecule has 0 aromatic heterocycles. The number of alkyl halides is 6. The molecule has 5 atom stereocenters. The van der Waals surface area contributed by atoms with Crippen molar-refractivity contribution in [2.45, 2.75) is 58.0 Å². The third kappa shape index (κ3) is 2.93. The van der Waals surface area contributed by atoms with Crippen molar-refractivity contribution in [3.05, 3.63) is 0 Å². The standard InChI is InChI=1S/C15H20F6O2/c1-7-8(2)12-5-10(7)4-11(12)6-13(14(16,17)18,15(19,20)21)23-9(3)22/h7-8,10-12H,4-6H2,1-3H3. The monoisotopic (exact) mass is 346 g/mol. The molecule has 0 spiro atoms. The second kappa shape index (κ2) is 5.55. The van der Waals surface area contributed by atoms with Crippen LogP contribution in [0.4, 0.5) is 26.3 Å². The molecule has 8 heteroatoms. The molecule has 5 unspecified atom stereocenters. The largest absolute Gasteiger partial charge is 0.440 e. The molecule has 2 saturated carbocycles. The van der Waals surface area contributed by atoms with Crippen LogP contribution in [0.1, 0.15) is 40.0 Å². The van der Waals surface area contributed by atoms with Gasteiger partial charge < -0.3 is 4.74 Å². The summed E-state index contributed by atoms with van der Waals surface area (Å²) in [6.45, 7) is 4.42. The van der Waals surface area contributed by atoms with Crippen LogP contribution < -0.4 is 0 Å². The minimum Gasteiger partial charge on any atom is -0.440 e. The minimum atomic E-state index is -5.70. The van der Waals surface area contributed by atoms with Gasteiger partial charge in [0.2, 0.25) is 0 Å². The number of hydrogen-bond acceptors (Lipinski definition) is 2. The Morgan fingerprint density at radius 3 is 1.87 bits per heavy atom. The third-order valence-corrected chi connectivity index (χ3v) is 5.82. The number of fused-ring (bicyclic) bond motifs is 2. The van der Waals surface area contributed by atoms with Crippen LogP contribution in [-0.4, -0.2) is 23.9 Å². The van der Waals surface area contributed by atoms with Crippen molar-refractivity contribution < 1.29 is 35.9 Å². The molecule has 0 amide bonds. The first-order valence-electron chi connectivity index (χ1n) is 7.63. The fourth-order valence-electron chi connectivity index (χ4n) is 4.49. The summed E-state index contributed by atoms with van der Waals surface area (Å²) in [7, 11) is 0. The predicted octanol–water partition coefficient (Wildman–Crippen LogP) is 4.73. The average Bonchev–Trinajstić information content (AvgIpc) is 2.86. The van der Waals surface area contributed by atoms with Crippen molar-refractivity contribution in [3.63, 3.8) is 0 Å². The molecule has 0 heterocycles. The van der Waals surface area contributed by atoms with Gasteiger partial charge in [0.1, 0.15) is 0 Å². The summed E-state index contributed by atoms with van der Waals surface area (Å²) >= 11 is 0. The van der Waals surface area contributed by atoms with Gasteiger partial charge in [0.15, 0.2) is 0 Å². The lowest BCUT2D eigenvalue weighted by Gasteiger charge is -2.41. The fourth-order valence-corrected chi connectivity index (χ4v) is 4.49. The van der Waals surface area contributed by atoms with Gasteiger partial charge in [0.25, 0.3) is 0 Å². The van der Waals surface area contributed by atoms with Crippen molar-refractivity contribution in [1.29, 1.82) is 0 Å². The molecule has 23 heavy (non-hydrogen) atoms. The highest BCUT2D eigenvalue weighted by atomic mass is 19.4. The summed E-state index contributed by atoms with van der Waals surface area (Å²) in [6, 6.07) is 0. The molecule has 0 radical (unpaired) electrons. The summed E-state index contributed by atoms with van der Waals surface area (Å²) in [5.74, 6) is -1.98. The van der Waals surface area contributed by atoms with E-state index in [4.69, 9.17) is 0 Å². The number of halogens is 6. The molecule has 2 aliphatic carbocycles. The van der Waals surface area contributed by atoms with Crippen molar-refractivity contribution in [2.75, 3.05) is 0 Å². The molecule has 2 nitrogen and oxygen atoms in total. The summed E-state index contributed by atoms with van der Waals surface area (Å²) in [5, 5.41) is 0. The lowest BCUT2D eigenvalue weighted by molar-refractivity contribution is -0.374. The average molecular weight is 346 g/mol. The molecule has 0 aromatic rings. The normalized spacial score (nSPS) is 34.7. The molecule has 0 aromatic carbocycles. The highest BCUT2D eigenvalue weighted by molar-refractivity contribution is 5.66. The number of rotatable bonds is 3. The molecular weight excluding hydrogens is 326 g/mol. The van der Waals surface area contributed by atoms with E-state index in [0.717, 1.165) is 0 Å². The summed E-state index contributed by atoms with van der Waals surface area (Å²) in [5.41, 5.74) is -4.41. The summed E-state index contributed by atoms with van der Waals surface area (Å²) < 4.78 is 83.7. The van der Waals surface area contributed by atoms with Crippen molar-refractivity contribution in [2.24, 2.45) is 29.6 Å². The Labute approximate surface area is 130 Å². The van der Waals surface area contributed by atoms with E-state index in [1.165, 1.54) is 0 Å². The van der Waals surface area contributed by atoms with E-state index in [1.807, 2.05) is 13.8 Å². The quantitative estimate of drug-likeness (QED) is 0.545. The second-order valence-electron chi connectivity index (χ2n) is 6.99. The van der Waals surface area contributed by atoms with Gasteiger partial charge in [0, 0.05) is 13.3 Å². The molecule has 2 fully saturated rings. The van der Waals surface area contributed by atoms with Crippen LogP contribution in [-0.2, 0) is 9.53 Å². The zero-order valence-corrected chi connectivity index (χ0v) is 13.1. The fraction of sp³-hybridized carbons (Fsp3) is 0.933. The van der Waals surface area contributed by atoms with Gasteiger partial charge in [-0.3, -0.25) is 4.79 Å². The molecule has 0 saturated heterocycles. The number of hydrogen-bond donors (Lipinski definition) is 0. The van der Waals surface area contributed by atoms with Gasteiger partial charge in [-0.1, -0.05) is 13.8 Å². The lowest BCUT2D eigenvalue weighted by Crippen LogP contribution is -2.60. The minimum absolute atomic E-state index is 0.0789. The highest BCUT2D eigenvalue weighted by Crippen LogP contribution is 2.60. The van der Waals surface area contributed by atoms with E-state index >= 15 is 0 Å². The Kier molecular flexibility index (Phi) is 4.44. The predicted molar refractivity (Wildman–Crippen MR) is 69.3 cm³/mol. The number of carbonyl (C=O) groups excluding carboxylic acids is 1. The van der Waals surface area contributed by atoms with E-state index < -0.39 is 36.3 Å². The first kappa shape index (κ1) is 18.4. The molecule has 0 N–H and O–H groups in total. The number of esters is 1. The van der Waals surface area contributed by atoms with Gasteiger partial charge in [-0.15, -0.1) is 0 Å². The van der Waals surface area contributed by atoms with Gasteiger partial charge >= 0.3 is 23.9 Å². The molecular formula is C15H20F6O2. The summed E-state index contributed by atoms with van der Waals surface area (Å²) in [4.78, 5) is 11.0. The Morgan fingerprint density at radius 1 is 1.00 bits per heavy atom. The van der Waals surface area contributed by atoms with Crippen molar-refractivity contribution in [3.8, 4) is 0 Å². The molecule has 2 rings (SSSR count). The topological polar surface area (TPSA) is 26.3 Å². The number of carbonyl (C=O) groups is 1. The Hall–Kier alpha value is -0.950.